The maximum Gasteiger partial charge on any atom is 0.336 e. The first kappa shape index (κ1) is 36.1. The van der Waals surface area contributed by atoms with Crippen LogP contribution in [0, 0.1) is 5.92 Å². The average molecular weight is 730 g/mol. The summed E-state index contributed by atoms with van der Waals surface area (Å²) in [6.07, 6.45) is 14.1. The Morgan fingerprint density at radius 1 is 0.592 bits per heavy atom. The quantitative estimate of drug-likeness (QED) is 0.0399. The second-order valence-corrected chi connectivity index (χ2v) is 14.1. The van der Waals surface area contributed by atoms with Crippen LogP contribution in [0.4, 0.5) is 0 Å². The summed E-state index contributed by atoms with van der Waals surface area (Å²) in [7, 11) is 0. The number of unbranched alkanes of at least 4 members (excludes halogenated alkanes) is 8. The standard InChI is InChI=1S/C40H45BrN2O6/c1-3-5-7-9-10-12-14-22(13-11-8-6-4-2)21-29-35(38(43)45)33-26(37(42)44)18-15-24-23-16-19-27(39(46)47)31-28(40(48)49)20-17-25(30(23)31)34(32(24)33)36(29)41/h15-20,22H,3-14,21H2,1-2H3,(H2,42,44)(H2,43,45)(H,46,47)(H,48,49). The van der Waals surface area contributed by atoms with E-state index in [2.05, 4.69) is 29.8 Å². The van der Waals surface area contributed by atoms with Crippen LogP contribution in [0.1, 0.15) is 138 Å². The number of halogens is 1. The van der Waals surface area contributed by atoms with E-state index < -0.39 is 23.8 Å². The SMILES string of the molecule is CCCCCCCCC(CCCCCC)Cc1c(C(N)=O)c2c(C(N)=O)ccc3c4ccc(C(=O)O)c5c(C(=O)O)ccc(c(c1Br)c23)c54. The Kier molecular flexibility index (Phi) is 11.4. The molecule has 5 rings (SSSR count). The van der Waals surface area contributed by atoms with Crippen molar-refractivity contribution >= 4 is 82.8 Å². The van der Waals surface area contributed by atoms with Crippen LogP contribution in [0.5, 0.6) is 0 Å². The van der Waals surface area contributed by atoms with Crippen LogP contribution < -0.4 is 11.5 Å². The Bertz CT molecular complexity index is 2050. The minimum atomic E-state index is -1.24. The summed E-state index contributed by atoms with van der Waals surface area (Å²) in [5.41, 5.74) is 13.0. The van der Waals surface area contributed by atoms with Gasteiger partial charge in [-0.1, -0.05) is 109 Å². The number of primary amides is 2. The third-order valence-corrected chi connectivity index (χ3v) is 11.0. The predicted molar refractivity (Wildman–Crippen MR) is 200 cm³/mol. The number of carbonyl (C=O) groups excluding carboxylic acids is 2. The highest BCUT2D eigenvalue weighted by atomic mass is 79.9. The Balaban J connectivity index is 1.83. The van der Waals surface area contributed by atoms with Crippen molar-refractivity contribution in [2.45, 2.75) is 97.3 Å². The summed E-state index contributed by atoms with van der Waals surface area (Å²) in [6.45, 7) is 4.39. The van der Waals surface area contributed by atoms with Gasteiger partial charge in [0.15, 0.2) is 0 Å². The number of amides is 2. The smallest absolute Gasteiger partial charge is 0.336 e. The first-order chi connectivity index (χ1) is 23.5. The van der Waals surface area contributed by atoms with Crippen molar-refractivity contribution in [3.63, 3.8) is 0 Å². The Hall–Kier alpha value is -4.24. The molecule has 1 unspecified atom stereocenters. The van der Waals surface area contributed by atoms with Crippen molar-refractivity contribution in [3.05, 3.63) is 68.7 Å². The number of benzene rings is 5. The maximum atomic E-state index is 13.5. The van der Waals surface area contributed by atoms with Gasteiger partial charge in [-0.2, -0.15) is 0 Å². The molecule has 5 aromatic rings. The summed E-state index contributed by atoms with van der Waals surface area (Å²) in [5, 5.41) is 24.3. The van der Waals surface area contributed by atoms with Gasteiger partial charge in [-0.15, -0.1) is 0 Å². The van der Waals surface area contributed by atoms with E-state index in [4.69, 9.17) is 11.5 Å². The number of fused-ring (bicyclic) bond motifs is 2. The summed E-state index contributed by atoms with van der Waals surface area (Å²) in [5.74, 6) is -3.59. The Labute approximate surface area is 294 Å². The van der Waals surface area contributed by atoms with E-state index in [1.165, 1.54) is 37.8 Å². The fraction of sp³-hybridized carbons (Fsp3) is 0.400. The molecule has 5 aromatic carbocycles. The van der Waals surface area contributed by atoms with Gasteiger partial charge in [0.2, 0.25) is 11.8 Å². The third-order valence-electron chi connectivity index (χ3n) is 10.1. The summed E-state index contributed by atoms with van der Waals surface area (Å²) >= 11 is 3.90. The van der Waals surface area contributed by atoms with Gasteiger partial charge in [0.25, 0.3) is 0 Å². The van der Waals surface area contributed by atoms with Crippen LogP contribution in [0.3, 0.4) is 0 Å². The van der Waals surface area contributed by atoms with E-state index in [9.17, 15) is 29.4 Å². The number of hydrogen-bond donors (Lipinski definition) is 4. The zero-order valence-electron chi connectivity index (χ0n) is 28.3. The van der Waals surface area contributed by atoms with Crippen molar-refractivity contribution in [2.24, 2.45) is 17.4 Å². The maximum absolute atomic E-state index is 13.5. The minimum absolute atomic E-state index is 0.122. The van der Waals surface area contributed by atoms with Gasteiger partial charge in [-0.3, -0.25) is 9.59 Å². The van der Waals surface area contributed by atoms with Crippen molar-refractivity contribution in [3.8, 4) is 0 Å². The lowest BCUT2D eigenvalue weighted by atomic mass is 9.80. The van der Waals surface area contributed by atoms with Crippen molar-refractivity contribution < 1.29 is 29.4 Å². The molecular formula is C40H45BrN2O6. The second-order valence-electron chi connectivity index (χ2n) is 13.3. The van der Waals surface area contributed by atoms with E-state index in [1.807, 2.05) is 0 Å². The molecule has 0 bridgehead atoms. The Morgan fingerprint density at radius 2 is 1.08 bits per heavy atom. The number of carbonyl (C=O) groups is 4. The molecule has 258 valence electrons. The lowest BCUT2D eigenvalue weighted by Crippen LogP contribution is -2.20. The fourth-order valence-electron chi connectivity index (χ4n) is 7.78. The molecule has 0 fully saturated rings. The molecule has 0 spiro atoms. The summed E-state index contributed by atoms with van der Waals surface area (Å²) in [6, 6.07) is 9.47. The molecule has 1 atom stereocenters. The molecule has 49 heavy (non-hydrogen) atoms. The molecule has 8 nitrogen and oxygen atoms in total. The van der Waals surface area contributed by atoms with Crippen molar-refractivity contribution in [1.82, 2.24) is 0 Å². The normalized spacial score (nSPS) is 12.4. The molecule has 0 aliphatic carbocycles. The molecule has 0 saturated carbocycles. The molecule has 0 aliphatic rings. The lowest BCUT2D eigenvalue weighted by Gasteiger charge is -2.25. The van der Waals surface area contributed by atoms with E-state index >= 15 is 0 Å². The van der Waals surface area contributed by atoms with Gasteiger partial charge in [0.1, 0.15) is 0 Å². The topological polar surface area (TPSA) is 161 Å². The van der Waals surface area contributed by atoms with E-state index in [0.29, 0.717) is 54.2 Å². The van der Waals surface area contributed by atoms with Crippen LogP contribution in [-0.4, -0.2) is 34.0 Å². The molecule has 2 amide bonds. The molecule has 0 saturated heterocycles. The van der Waals surface area contributed by atoms with Gasteiger partial charge >= 0.3 is 11.9 Å². The zero-order chi connectivity index (χ0) is 35.4. The molecule has 6 N–H and O–H groups in total. The number of hydrogen-bond acceptors (Lipinski definition) is 4. The second kappa shape index (κ2) is 15.5. The molecule has 9 heteroatoms. The van der Waals surface area contributed by atoms with Gasteiger partial charge in [0.05, 0.1) is 16.7 Å². The number of rotatable bonds is 18. The fourth-order valence-corrected chi connectivity index (χ4v) is 8.56. The average Bonchev–Trinajstić information content (AvgIpc) is 3.06. The van der Waals surface area contributed by atoms with Gasteiger partial charge in [0, 0.05) is 31.6 Å². The van der Waals surface area contributed by atoms with Gasteiger partial charge < -0.3 is 21.7 Å². The largest absolute Gasteiger partial charge is 0.478 e. The predicted octanol–water partition coefficient (Wildman–Crippen LogP) is 9.97. The monoisotopic (exact) mass is 728 g/mol. The number of carboxylic acids is 2. The molecular weight excluding hydrogens is 684 g/mol. The zero-order valence-corrected chi connectivity index (χ0v) is 29.9. The Morgan fingerprint density at radius 3 is 1.61 bits per heavy atom. The molecule has 0 aliphatic heterocycles. The molecule has 0 heterocycles. The number of aromatic carboxylic acids is 2. The van der Waals surface area contributed by atoms with Crippen molar-refractivity contribution in [1.29, 1.82) is 0 Å². The highest BCUT2D eigenvalue weighted by Gasteiger charge is 2.29. The van der Waals surface area contributed by atoms with Crippen LogP contribution in [0.2, 0.25) is 0 Å². The van der Waals surface area contributed by atoms with Crippen LogP contribution >= 0.6 is 15.9 Å². The van der Waals surface area contributed by atoms with Crippen LogP contribution in [-0.2, 0) is 6.42 Å². The first-order valence-electron chi connectivity index (χ1n) is 17.5. The number of carboxylic acid groups (broad SMARTS) is 2. The summed E-state index contributed by atoms with van der Waals surface area (Å²) in [4.78, 5) is 51.4. The molecule has 0 radical (unpaired) electrons. The third kappa shape index (κ3) is 6.95. The summed E-state index contributed by atoms with van der Waals surface area (Å²) < 4.78 is 0.633. The van der Waals surface area contributed by atoms with Crippen molar-refractivity contribution in [2.75, 3.05) is 0 Å². The molecule has 0 aromatic heterocycles. The van der Waals surface area contributed by atoms with Gasteiger partial charge in [-0.25, -0.2) is 9.59 Å². The van der Waals surface area contributed by atoms with Crippen LogP contribution in [0.25, 0.3) is 43.1 Å². The lowest BCUT2D eigenvalue weighted by molar-refractivity contribution is 0.0695. The van der Waals surface area contributed by atoms with Gasteiger partial charge in [-0.05, 0) is 73.6 Å². The highest BCUT2D eigenvalue weighted by molar-refractivity contribution is 9.10. The first-order valence-corrected chi connectivity index (χ1v) is 18.3. The van der Waals surface area contributed by atoms with E-state index in [1.54, 1.807) is 24.3 Å². The van der Waals surface area contributed by atoms with E-state index in [0.717, 1.165) is 51.4 Å². The highest BCUT2D eigenvalue weighted by Crippen LogP contribution is 2.48. The van der Waals surface area contributed by atoms with Crippen LogP contribution in [0.15, 0.2) is 40.9 Å². The van der Waals surface area contributed by atoms with E-state index in [-0.39, 0.29) is 33.6 Å². The minimum Gasteiger partial charge on any atom is -0.478 e. The number of nitrogens with two attached hydrogens (primary N) is 2.